The maximum atomic E-state index is 12.1. The van der Waals surface area contributed by atoms with Crippen LogP contribution in [0.25, 0.3) is 10.9 Å². The number of rotatable bonds is 6. The van der Waals surface area contributed by atoms with Gasteiger partial charge < -0.3 is 10.2 Å². The second-order valence-corrected chi connectivity index (χ2v) is 6.11. The lowest BCUT2D eigenvalue weighted by Gasteiger charge is -2.08. The third kappa shape index (κ3) is 3.81. The quantitative estimate of drug-likeness (QED) is 0.759. The van der Waals surface area contributed by atoms with Crippen molar-refractivity contribution in [2.24, 2.45) is 0 Å². The Morgan fingerprint density at radius 1 is 1.08 bits per heavy atom. The van der Waals surface area contributed by atoms with E-state index in [1.807, 2.05) is 66.1 Å². The first kappa shape index (κ1) is 16.2. The summed E-state index contributed by atoms with van der Waals surface area (Å²) in [6.07, 6.45) is 0.451. The van der Waals surface area contributed by atoms with Gasteiger partial charge in [-0.25, -0.2) is 0 Å². The number of benzene rings is 2. The first-order valence-electron chi connectivity index (χ1n) is 8.07. The van der Waals surface area contributed by atoms with E-state index in [0.29, 0.717) is 25.3 Å². The van der Waals surface area contributed by atoms with Crippen molar-refractivity contribution in [3.8, 4) is 0 Å². The second-order valence-electron chi connectivity index (χ2n) is 6.11. The number of anilines is 1. The predicted molar refractivity (Wildman–Crippen MR) is 97.1 cm³/mol. The topological polar surface area (TPSA) is 50.2 Å². The monoisotopic (exact) mass is 322 g/mol. The first-order chi connectivity index (χ1) is 11.6. The summed E-state index contributed by atoms with van der Waals surface area (Å²) in [7, 11) is 3.91. The zero-order chi connectivity index (χ0) is 16.9. The molecule has 0 spiro atoms. The van der Waals surface area contributed by atoms with Gasteiger partial charge in [0.25, 0.3) is 0 Å². The highest BCUT2D eigenvalue weighted by atomic mass is 16.1. The molecule has 0 aliphatic heterocycles. The largest absolute Gasteiger partial charge is 0.309 e. The summed E-state index contributed by atoms with van der Waals surface area (Å²) in [6.45, 7) is 1.39. The van der Waals surface area contributed by atoms with Gasteiger partial charge in [0.1, 0.15) is 0 Å². The van der Waals surface area contributed by atoms with Gasteiger partial charge in [-0.1, -0.05) is 42.5 Å². The summed E-state index contributed by atoms with van der Waals surface area (Å²) in [4.78, 5) is 14.1. The number of para-hydroxylation sites is 1. The smallest absolute Gasteiger partial charge is 0.226 e. The van der Waals surface area contributed by atoms with E-state index in [1.165, 1.54) is 5.56 Å². The van der Waals surface area contributed by atoms with Crippen LogP contribution in [0.4, 0.5) is 5.82 Å². The van der Waals surface area contributed by atoms with Crippen LogP contribution in [-0.4, -0.2) is 41.2 Å². The third-order valence-corrected chi connectivity index (χ3v) is 3.88. The molecule has 5 nitrogen and oxygen atoms in total. The Labute approximate surface area is 141 Å². The number of hydrogen-bond donors (Lipinski definition) is 1. The summed E-state index contributed by atoms with van der Waals surface area (Å²) in [6, 6.07) is 18.2. The van der Waals surface area contributed by atoms with E-state index in [2.05, 4.69) is 22.5 Å². The van der Waals surface area contributed by atoms with Crippen LogP contribution in [0.15, 0.2) is 54.6 Å². The minimum atomic E-state index is -0.0150. The number of carbonyl (C=O) groups is 1. The number of aromatic nitrogens is 2. The molecular weight excluding hydrogens is 300 g/mol. The molecular formula is C19H22N4O. The molecule has 3 aromatic rings. The molecule has 1 aromatic heterocycles. The van der Waals surface area contributed by atoms with Crippen LogP contribution >= 0.6 is 0 Å². The third-order valence-electron chi connectivity index (χ3n) is 3.88. The van der Waals surface area contributed by atoms with Crippen LogP contribution in [0, 0.1) is 0 Å². The molecule has 0 saturated carbocycles. The molecule has 1 N–H and O–H groups in total. The van der Waals surface area contributed by atoms with Crippen LogP contribution in [0.3, 0.4) is 0 Å². The van der Waals surface area contributed by atoms with Gasteiger partial charge >= 0.3 is 0 Å². The minimum absolute atomic E-state index is 0.0150. The molecule has 0 radical (unpaired) electrons. The van der Waals surface area contributed by atoms with Gasteiger partial charge in [-0.05, 0) is 31.8 Å². The van der Waals surface area contributed by atoms with E-state index >= 15 is 0 Å². The fourth-order valence-electron chi connectivity index (χ4n) is 2.62. The highest BCUT2D eigenvalue weighted by molar-refractivity contribution is 5.99. The normalized spacial score (nSPS) is 11.1. The van der Waals surface area contributed by atoms with Gasteiger partial charge in [0.05, 0.1) is 12.1 Å². The lowest BCUT2D eigenvalue weighted by molar-refractivity contribution is -0.116. The number of nitrogens with zero attached hydrogens (tertiary/aromatic N) is 3. The van der Waals surface area contributed by atoms with E-state index < -0.39 is 0 Å². The Bertz CT molecular complexity index is 824. The highest BCUT2D eigenvalue weighted by Gasteiger charge is 2.13. The second kappa shape index (κ2) is 7.27. The molecule has 0 fully saturated rings. The predicted octanol–water partition coefficient (Wildman–Crippen LogP) is 2.97. The summed E-state index contributed by atoms with van der Waals surface area (Å²) in [5.41, 5.74) is 2.19. The van der Waals surface area contributed by atoms with Crippen molar-refractivity contribution in [1.82, 2.24) is 14.7 Å². The lowest BCUT2D eigenvalue weighted by Crippen LogP contribution is -2.21. The van der Waals surface area contributed by atoms with Gasteiger partial charge in [0, 0.05) is 18.4 Å². The Hall–Kier alpha value is -2.66. The Kier molecular flexibility index (Phi) is 4.91. The van der Waals surface area contributed by atoms with Crippen molar-refractivity contribution in [2.45, 2.75) is 13.0 Å². The Balaban J connectivity index is 1.85. The molecule has 24 heavy (non-hydrogen) atoms. The van der Waals surface area contributed by atoms with Gasteiger partial charge in [-0.3, -0.25) is 9.48 Å². The highest BCUT2D eigenvalue weighted by Crippen LogP contribution is 2.23. The van der Waals surface area contributed by atoms with E-state index in [1.54, 1.807) is 0 Å². The maximum absolute atomic E-state index is 12.1. The summed E-state index contributed by atoms with van der Waals surface area (Å²) < 4.78 is 1.94. The molecule has 0 bridgehead atoms. The van der Waals surface area contributed by atoms with Crippen molar-refractivity contribution in [2.75, 3.05) is 26.0 Å². The molecule has 1 amide bonds. The van der Waals surface area contributed by atoms with E-state index in [-0.39, 0.29) is 5.91 Å². The molecule has 2 aromatic carbocycles. The lowest BCUT2D eigenvalue weighted by atomic mass is 10.2. The number of hydrogen-bond acceptors (Lipinski definition) is 3. The Morgan fingerprint density at radius 3 is 2.54 bits per heavy atom. The molecule has 1 heterocycles. The molecule has 3 rings (SSSR count). The molecule has 0 aliphatic carbocycles. The SMILES string of the molecule is CN(C)CCC(=O)Nc1nn(Cc2ccccc2)c2ccccc12. The van der Waals surface area contributed by atoms with E-state index in [4.69, 9.17) is 0 Å². The average Bonchev–Trinajstić information content (AvgIpc) is 2.92. The van der Waals surface area contributed by atoms with E-state index in [0.717, 1.165) is 10.9 Å². The van der Waals surface area contributed by atoms with Crippen molar-refractivity contribution in [1.29, 1.82) is 0 Å². The van der Waals surface area contributed by atoms with E-state index in [9.17, 15) is 4.79 Å². The summed E-state index contributed by atoms with van der Waals surface area (Å²) in [5.74, 6) is 0.615. The zero-order valence-corrected chi connectivity index (χ0v) is 14.1. The van der Waals surface area contributed by atoms with Gasteiger partial charge in [-0.15, -0.1) is 0 Å². The summed E-state index contributed by atoms with van der Waals surface area (Å²) >= 11 is 0. The molecule has 0 saturated heterocycles. The van der Waals surface area contributed by atoms with Crippen LogP contribution in [-0.2, 0) is 11.3 Å². The first-order valence-corrected chi connectivity index (χ1v) is 8.07. The van der Waals surface area contributed by atoms with Crippen LogP contribution in [0.5, 0.6) is 0 Å². The molecule has 124 valence electrons. The van der Waals surface area contributed by atoms with Gasteiger partial charge in [-0.2, -0.15) is 5.10 Å². The molecule has 0 aliphatic rings. The fraction of sp³-hybridized carbons (Fsp3) is 0.263. The number of fused-ring (bicyclic) bond motifs is 1. The van der Waals surface area contributed by atoms with Crippen LogP contribution < -0.4 is 5.32 Å². The van der Waals surface area contributed by atoms with Gasteiger partial charge in [0.15, 0.2) is 5.82 Å². The number of amides is 1. The minimum Gasteiger partial charge on any atom is -0.309 e. The van der Waals surface area contributed by atoms with Crippen molar-refractivity contribution in [3.63, 3.8) is 0 Å². The van der Waals surface area contributed by atoms with Crippen LogP contribution in [0.2, 0.25) is 0 Å². The van der Waals surface area contributed by atoms with Crippen molar-refractivity contribution in [3.05, 3.63) is 60.2 Å². The Morgan fingerprint density at radius 2 is 1.79 bits per heavy atom. The molecule has 0 atom stereocenters. The van der Waals surface area contributed by atoms with Gasteiger partial charge in [0.2, 0.25) is 5.91 Å². The average molecular weight is 322 g/mol. The molecule has 0 unspecified atom stereocenters. The maximum Gasteiger partial charge on any atom is 0.226 e. The van der Waals surface area contributed by atoms with Crippen molar-refractivity contribution >= 4 is 22.6 Å². The standard InChI is InChI=1S/C19H22N4O/c1-22(2)13-12-18(24)20-19-16-10-6-7-11-17(16)23(21-19)14-15-8-4-3-5-9-15/h3-11H,12-14H2,1-2H3,(H,20,21,24). The number of nitrogens with one attached hydrogen (secondary N) is 1. The van der Waals surface area contributed by atoms with Crippen LogP contribution in [0.1, 0.15) is 12.0 Å². The summed E-state index contributed by atoms with van der Waals surface area (Å²) in [5, 5.41) is 8.54. The fourth-order valence-corrected chi connectivity index (χ4v) is 2.62. The number of carbonyl (C=O) groups excluding carboxylic acids is 1. The van der Waals surface area contributed by atoms with Crippen molar-refractivity contribution < 1.29 is 4.79 Å². The zero-order valence-electron chi connectivity index (χ0n) is 14.1. The molecule has 5 heteroatoms.